The first-order valence-corrected chi connectivity index (χ1v) is 7.18. The predicted octanol–water partition coefficient (Wildman–Crippen LogP) is 3.52. The van der Waals surface area contributed by atoms with Crippen LogP contribution < -0.4 is 10.1 Å². The highest BCUT2D eigenvalue weighted by Crippen LogP contribution is 2.26. The third-order valence-electron chi connectivity index (χ3n) is 3.44. The van der Waals surface area contributed by atoms with Gasteiger partial charge in [0, 0.05) is 5.39 Å². The molecule has 1 aromatic heterocycles. The van der Waals surface area contributed by atoms with Gasteiger partial charge in [-0.15, -0.1) is 0 Å². The van der Waals surface area contributed by atoms with Crippen molar-refractivity contribution in [2.75, 3.05) is 0 Å². The monoisotopic (exact) mass is 295 g/mol. The molecule has 3 aromatic rings. The van der Waals surface area contributed by atoms with Gasteiger partial charge in [0.05, 0.1) is 12.8 Å². The summed E-state index contributed by atoms with van der Waals surface area (Å²) in [6.45, 7) is 2.09. The number of rotatable bonds is 5. The van der Waals surface area contributed by atoms with Crippen LogP contribution in [0.2, 0.25) is 0 Å². The van der Waals surface area contributed by atoms with E-state index in [2.05, 4.69) is 5.32 Å². The number of amides is 1. The van der Waals surface area contributed by atoms with E-state index < -0.39 is 6.10 Å². The fourth-order valence-electron chi connectivity index (χ4n) is 2.27. The summed E-state index contributed by atoms with van der Waals surface area (Å²) in [6, 6.07) is 17.4. The molecule has 1 atom stereocenters. The van der Waals surface area contributed by atoms with Gasteiger partial charge in [-0.2, -0.15) is 0 Å². The molecule has 1 N–H and O–H groups in total. The number of nitrogens with one attached hydrogen (secondary N) is 1. The zero-order valence-corrected chi connectivity index (χ0v) is 12.3. The van der Waals surface area contributed by atoms with Gasteiger partial charge in [-0.3, -0.25) is 4.79 Å². The minimum atomic E-state index is -0.583. The van der Waals surface area contributed by atoms with Crippen molar-refractivity contribution in [2.45, 2.75) is 19.6 Å². The molecule has 0 aliphatic carbocycles. The lowest BCUT2D eigenvalue weighted by Crippen LogP contribution is -2.35. The van der Waals surface area contributed by atoms with Crippen molar-refractivity contribution >= 4 is 16.7 Å². The number of ether oxygens (including phenoxy) is 1. The van der Waals surface area contributed by atoms with Gasteiger partial charge in [0.2, 0.25) is 0 Å². The molecule has 1 unspecified atom stereocenters. The first-order valence-electron chi connectivity index (χ1n) is 7.18. The van der Waals surface area contributed by atoms with Crippen LogP contribution in [0.4, 0.5) is 0 Å². The second-order valence-corrected chi connectivity index (χ2v) is 5.03. The Kier molecular flexibility index (Phi) is 4.10. The van der Waals surface area contributed by atoms with Crippen LogP contribution in [0.3, 0.4) is 0 Å². The van der Waals surface area contributed by atoms with E-state index in [4.69, 9.17) is 9.15 Å². The Morgan fingerprint density at radius 1 is 1.14 bits per heavy atom. The average Bonchev–Trinajstić information content (AvgIpc) is 3.06. The highest BCUT2D eigenvalue weighted by molar-refractivity contribution is 5.89. The van der Waals surface area contributed by atoms with Crippen molar-refractivity contribution in [2.24, 2.45) is 0 Å². The lowest BCUT2D eigenvalue weighted by atomic mass is 10.1. The van der Waals surface area contributed by atoms with Crippen LogP contribution in [0.25, 0.3) is 10.8 Å². The summed E-state index contributed by atoms with van der Waals surface area (Å²) in [4.78, 5) is 12.1. The Labute approximate surface area is 128 Å². The van der Waals surface area contributed by atoms with Gasteiger partial charge in [0.1, 0.15) is 11.5 Å². The number of fused-ring (bicyclic) bond motifs is 1. The summed E-state index contributed by atoms with van der Waals surface area (Å²) >= 11 is 0. The van der Waals surface area contributed by atoms with E-state index in [9.17, 15) is 4.79 Å². The molecule has 1 amide bonds. The number of furan rings is 1. The third kappa shape index (κ3) is 3.11. The van der Waals surface area contributed by atoms with Gasteiger partial charge < -0.3 is 14.5 Å². The van der Waals surface area contributed by atoms with E-state index >= 15 is 0 Å². The maximum atomic E-state index is 12.1. The van der Waals surface area contributed by atoms with Crippen molar-refractivity contribution in [1.82, 2.24) is 5.32 Å². The van der Waals surface area contributed by atoms with Crippen LogP contribution in [0.1, 0.15) is 12.7 Å². The molecular formula is C18H17NO3. The Balaban J connectivity index is 1.67. The lowest BCUT2D eigenvalue weighted by molar-refractivity contribution is -0.127. The Hall–Kier alpha value is -2.75. The molecule has 0 bridgehead atoms. The quantitative estimate of drug-likeness (QED) is 0.783. The molecule has 0 radical (unpaired) electrons. The standard InChI is InChI=1S/C18H17NO3/c1-13(18(20)19-12-15-8-5-11-21-15)22-17-10-4-7-14-6-2-3-9-16(14)17/h2-11,13H,12H2,1H3,(H,19,20). The Morgan fingerprint density at radius 3 is 2.77 bits per heavy atom. The summed E-state index contributed by atoms with van der Waals surface area (Å²) < 4.78 is 11.0. The second-order valence-electron chi connectivity index (χ2n) is 5.03. The zero-order chi connectivity index (χ0) is 15.4. The fourth-order valence-corrected chi connectivity index (χ4v) is 2.27. The van der Waals surface area contributed by atoms with E-state index in [1.807, 2.05) is 48.5 Å². The summed E-state index contributed by atoms with van der Waals surface area (Å²) in [5.74, 6) is 1.24. The minimum absolute atomic E-state index is 0.177. The summed E-state index contributed by atoms with van der Waals surface area (Å²) in [5.41, 5.74) is 0. The number of hydrogen-bond acceptors (Lipinski definition) is 3. The summed E-state index contributed by atoms with van der Waals surface area (Å²) in [6.07, 6.45) is 0.998. The molecule has 4 heteroatoms. The van der Waals surface area contributed by atoms with Crippen LogP contribution in [-0.2, 0) is 11.3 Å². The maximum absolute atomic E-state index is 12.1. The van der Waals surface area contributed by atoms with Crippen molar-refractivity contribution in [3.05, 3.63) is 66.6 Å². The normalized spacial score (nSPS) is 12.0. The van der Waals surface area contributed by atoms with E-state index in [0.717, 1.165) is 10.8 Å². The molecule has 3 rings (SSSR count). The van der Waals surface area contributed by atoms with Gasteiger partial charge in [0.15, 0.2) is 6.10 Å². The Bertz CT molecular complexity index is 760. The molecule has 2 aromatic carbocycles. The maximum Gasteiger partial charge on any atom is 0.261 e. The van der Waals surface area contributed by atoms with E-state index in [1.165, 1.54) is 0 Å². The fraction of sp³-hybridized carbons (Fsp3) is 0.167. The van der Waals surface area contributed by atoms with Crippen LogP contribution >= 0.6 is 0 Å². The predicted molar refractivity (Wildman–Crippen MR) is 84.6 cm³/mol. The number of benzene rings is 2. The van der Waals surface area contributed by atoms with Crippen LogP contribution in [0, 0.1) is 0 Å². The van der Waals surface area contributed by atoms with Gasteiger partial charge in [-0.05, 0) is 30.5 Å². The van der Waals surface area contributed by atoms with Gasteiger partial charge >= 0.3 is 0 Å². The smallest absolute Gasteiger partial charge is 0.261 e. The zero-order valence-electron chi connectivity index (χ0n) is 12.3. The molecule has 112 valence electrons. The van der Waals surface area contributed by atoms with Gasteiger partial charge in [0.25, 0.3) is 5.91 Å². The highest BCUT2D eigenvalue weighted by Gasteiger charge is 2.15. The number of hydrogen-bond donors (Lipinski definition) is 1. The average molecular weight is 295 g/mol. The SMILES string of the molecule is CC(Oc1cccc2ccccc12)C(=O)NCc1ccco1. The first-order chi connectivity index (χ1) is 10.7. The first kappa shape index (κ1) is 14.2. The molecule has 0 fully saturated rings. The van der Waals surface area contributed by atoms with Crippen LogP contribution in [-0.4, -0.2) is 12.0 Å². The molecule has 0 aliphatic heterocycles. The largest absolute Gasteiger partial charge is 0.480 e. The van der Waals surface area contributed by atoms with E-state index in [0.29, 0.717) is 18.1 Å². The molecule has 1 heterocycles. The van der Waals surface area contributed by atoms with Crippen molar-refractivity contribution < 1.29 is 13.9 Å². The highest BCUT2D eigenvalue weighted by atomic mass is 16.5. The molecule has 0 saturated carbocycles. The van der Waals surface area contributed by atoms with Crippen LogP contribution in [0.5, 0.6) is 5.75 Å². The minimum Gasteiger partial charge on any atom is -0.480 e. The number of carbonyl (C=O) groups is 1. The lowest BCUT2D eigenvalue weighted by Gasteiger charge is -2.15. The molecule has 0 aliphatic rings. The van der Waals surface area contributed by atoms with Crippen LogP contribution in [0.15, 0.2) is 65.3 Å². The Morgan fingerprint density at radius 2 is 1.95 bits per heavy atom. The van der Waals surface area contributed by atoms with Gasteiger partial charge in [-0.25, -0.2) is 0 Å². The van der Waals surface area contributed by atoms with Crippen molar-refractivity contribution in [1.29, 1.82) is 0 Å². The van der Waals surface area contributed by atoms with Crippen molar-refractivity contribution in [3.63, 3.8) is 0 Å². The molecule has 0 spiro atoms. The molecule has 22 heavy (non-hydrogen) atoms. The number of carbonyl (C=O) groups excluding carboxylic acids is 1. The molecular weight excluding hydrogens is 278 g/mol. The molecule has 0 saturated heterocycles. The third-order valence-corrected chi connectivity index (χ3v) is 3.44. The summed E-state index contributed by atoms with van der Waals surface area (Å²) in [5, 5.41) is 4.88. The van der Waals surface area contributed by atoms with E-state index in [-0.39, 0.29) is 5.91 Å². The van der Waals surface area contributed by atoms with Gasteiger partial charge in [-0.1, -0.05) is 36.4 Å². The molecule has 4 nitrogen and oxygen atoms in total. The summed E-state index contributed by atoms with van der Waals surface area (Å²) in [7, 11) is 0. The van der Waals surface area contributed by atoms with E-state index in [1.54, 1.807) is 19.3 Å². The van der Waals surface area contributed by atoms with Crippen molar-refractivity contribution in [3.8, 4) is 5.75 Å². The second kappa shape index (κ2) is 6.35. The topological polar surface area (TPSA) is 51.5 Å².